The molecule has 0 fully saturated rings. The van der Waals surface area contributed by atoms with Crippen molar-refractivity contribution in [3.63, 3.8) is 0 Å². The van der Waals surface area contributed by atoms with Crippen molar-refractivity contribution in [2.24, 2.45) is 0 Å². The Morgan fingerprint density at radius 3 is 2.81 bits per heavy atom. The second-order valence-electron chi connectivity index (χ2n) is 5.69. The number of benzene rings is 1. The van der Waals surface area contributed by atoms with Gasteiger partial charge in [0, 0.05) is 29.6 Å². The first kappa shape index (κ1) is 16.4. The van der Waals surface area contributed by atoms with E-state index in [0.717, 1.165) is 16.3 Å². The third-order valence-corrected chi connectivity index (χ3v) is 5.10. The number of halogens is 1. The van der Waals surface area contributed by atoms with E-state index in [4.69, 9.17) is 0 Å². The molecule has 4 aromatic rings. The maximum atomic E-state index is 13.9. The standard InChI is InChI=1S/C19H15FN4OS/c20-14-6-2-1-5-13(14)15-8-9-16(26-15)19(25)21-11-10-18-23-22-17-7-3-4-12-24(17)18/h1-9,12H,10-11H2,(H,21,25). The summed E-state index contributed by atoms with van der Waals surface area (Å²) in [7, 11) is 0. The van der Waals surface area contributed by atoms with Crippen molar-refractivity contribution in [1.82, 2.24) is 19.9 Å². The van der Waals surface area contributed by atoms with Crippen LogP contribution in [0.3, 0.4) is 0 Å². The number of nitrogens with one attached hydrogen (secondary N) is 1. The van der Waals surface area contributed by atoms with Gasteiger partial charge in [-0.1, -0.05) is 24.3 Å². The number of rotatable bonds is 5. The minimum atomic E-state index is -0.292. The molecule has 0 unspecified atom stereocenters. The summed E-state index contributed by atoms with van der Waals surface area (Å²) in [5.41, 5.74) is 1.29. The van der Waals surface area contributed by atoms with Gasteiger partial charge in [-0.05, 0) is 30.3 Å². The highest BCUT2D eigenvalue weighted by atomic mass is 32.1. The minimum Gasteiger partial charge on any atom is -0.351 e. The zero-order chi connectivity index (χ0) is 17.9. The molecule has 0 saturated carbocycles. The van der Waals surface area contributed by atoms with Gasteiger partial charge in [0.25, 0.3) is 5.91 Å². The van der Waals surface area contributed by atoms with E-state index in [2.05, 4.69) is 15.5 Å². The number of carbonyl (C=O) groups excluding carboxylic acids is 1. The molecule has 0 aliphatic rings. The molecule has 0 aliphatic carbocycles. The Morgan fingerprint density at radius 2 is 1.92 bits per heavy atom. The first-order valence-corrected chi connectivity index (χ1v) is 8.95. The summed E-state index contributed by atoms with van der Waals surface area (Å²) in [4.78, 5) is 13.6. The first-order valence-electron chi connectivity index (χ1n) is 8.14. The number of nitrogens with zero attached hydrogens (tertiary/aromatic N) is 3. The van der Waals surface area contributed by atoms with E-state index in [0.29, 0.717) is 23.4 Å². The van der Waals surface area contributed by atoms with Crippen LogP contribution in [-0.2, 0) is 6.42 Å². The van der Waals surface area contributed by atoms with Gasteiger partial charge >= 0.3 is 0 Å². The molecule has 0 bridgehead atoms. The Bertz CT molecular complexity index is 1070. The zero-order valence-electron chi connectivity index (χ0n) is 13.7. The lowest BCUT2D eigenvalue weighted by atomic mass is 10.2. The van der Waals surface area contributed by atoms with Crippen LogP contribution in [0.25, 0.3) is 16.1 Å². The monoisotopic (exact) mass is 366 g/mol. The smallest absolute Gasteiger partial charge is 0.261 e. The zero-order valence-corrected chi connectivity index (χ0v) is 14.5. The molecule has 4 rings (SSSR count). The predicted octanol–water partition coefficient (Wildman–Crippen LogP) is 3.57. The van der Waals surface area contributed by atoms with Gasteiger partial charge in [0.2, 0.25) is 0 Å². The van der Waals surface area contributed by atoms with Crippen LogP contribution >= 0.6 is 11.3 Å². The molecule has 0 aliphatic heterocycles. The average Bonchev–Trinajstić information content (AvgIpc) is 3.30. The van der Waals surface area contributed by atoms with E-state index >= 15 is 0 Å². The van der Waals surface area contributed by atoms with E-state index in [9.17, 15) is 9.18 Å². The summed E-state index contributed by atoms with van der Waals surface area (Å²) in [5, 5.41) is 11.1. The summed E-state index contributed by atoms with van der Waals surface area (Å²) in [6.45, 7) is 0.446. The Balaban J connectivity index is 1.40. The van der Waals surface area contributed by atoms with Crippen LogP contribution in [0.15, 0.2) is 60.8 Å². The summed E-state index contributed by atoms with van der Waals surface area (Å²) in [6.07, 6.45) is 2.47. The van der Waals surface area contributed by atoms with Crippen LogP contribution in [0, 0.1) is 5.82 Å². The molecular formula is C19H15FN4OS. The summed E-state index contributed by atoms with van der Waals surface area (Å²) in [5.74, 6) is 0.325. The van der Waals surface area contributed by atoms with Crippen LogP contribution < -0.4 is 5.32 Å². The topological polar surface area (TPSA) is 59.3 Å². The van der Waals surface area contributed by atoms with Gasteiger partial charge in [0.05, 0.1) is 4.88 Å². The summed E-state index contributed by atoms with van der Waals surface area (Å²) >= 11 is 1.27. The molecule has 1 aromatic carbocycles. The highest BCUT2D eigenvalue weighted by molar-refractivity contribution is 7.17. The third kappa shape index (κ3) is 3.21. The Kier molecular flexibility index (Phi) is 4.45. The van der Waals surface area contributed by atoms with Gasteiger partial charge in [-0.15, -0.1) is 21.5 Å². The number of amides is 1. The fourth-order valence-corrected chi connectivity index (χ4v) is 3.65. The normalized spacial score (nSPS) is 11.0. The van der Waals surface area contributed by atoms with E-state index in [1.165, 1.54) is 17.4 Å². The second kappa shape index (κ2) is 7.05. The average molecular weight is 366 g/mol. The molecule has 130 valence electrons. The lowest BCUT2D eigenvalue weighted by Crippen LogP contribution is -2.25. The SMILES string of the molecule is O=C(NCCc1nnc2ccccn12)c1ccc(-c2ccccc2F)s1. The molecule has 5 nitrogen and oxygen atoms in total. The van der Waals surface area contributed by atoms with Crippen molar-refractivity contribution in [2.45, 2.75) is 6.42 Å². The number of pyridine rings is 1. The minimum absolute atomic E-state index is 0.175. The number of hydrogen-bond acceptors (Lipinski definition) is 4. The number of aromatic nitrogens is 3. The molecule has 0 spiro atoms. The van der Waals surface area contributed by atoms with Crippen molar-refractivity contribution < 1.29 is 9.18 Å². The second-order valence-corrected chi connectivity index (χ2v) is 6.78. The fourth-order valence-electron chi connectivity index (χ4n) is 2.70. The number of carbonyl (C=O) groups is 1. The summed E-state index contributed by atoms with van der Waals surface area (Å²) < 4.78 is 15.8. The molecule has 0 saturated heterocycles. The molecule has 7 heteroatoms. The highest BCUT2D eigenvalue weighted by Gasteiger charge is 2.12. The van der Waals surface area contributed by atoms with Gasteiger partial charge < -0.3 is 5.32 Å². The van der Waals surface area contributed by atoms with Gasteiger partial charge in [0.1, 0.15) is 11.6 Å². The Labute approximate surface area is 153 Å². The molecule has 3 heterocycles. The van der Waals surface area contributed by atoms with Crippen molar-refractivity contribution in [3.8, 4) is 10.4 Å². The van der Waals surface area contributed by atoms with Crippen molar-refractivity contribution >= 4 is 22.9 Å². The quantitative estimate of drug-likeness (QED) is 0.587. The van der Waals surface area contributed by atoms with Crippen molar-refractivity contribution in [3.05, 3.63) is 77.3 Å². The lowest BCUT2D eigenvalue weighted by molar-refractivity contribution is 0.0958. The molecule has 1 N–H and O–H groups in total. The molecule has 26 heavy (non-hydrogen) atoms. The van der Waals surface area contributed by atoms with E-state index in [1.54, 1.807) is 30.3 Å². The van der Waals surface area contributed by atoms with E-state index in [1.807, 2.05) is 28.8 Å². The van der Waals surface area contributed by atoms with E-state index in [-0.39, 0.29) is 11.7 Å². The Morgan fingerprint density at radius 1 is 1.08 bits per heavy atom. The third-order valence-electron chi connectivity index (χ3n) is 3.99. The molecular weight excluding hydrogens is 351 g/mol. The fraction of sp³-hybridized carbons (Fsp3) is 0.105. The number of hydrogen-bond donors (Lipinski definition) is 1. The van der Waals surface area contributed by atoms with Crippen LogP contribution in [-0.4, -0.2) is 27.0 Å². The molecule has 0 radical (unpaired) electrons. The number of fused-ring (bicyclic) bond motifs is 1. The van der Waals surface area contributed by atoms with E-state index < -0.39 is 0 Å². The summed E-state index contributed by atoms with van der Waals surface area (Å²) in [6, 6.07) is 15.7. The first-order chi connectivity index (χ1) is 12.7. The molecule has 0 atom stereocenters. The number of thiophene rings is 1. The molecule has 3 aromatic heterocycles. The van der Waals surface area contributed by atoms with Gasteiger partial charge in [-0.25, -0.2) is 4.39 Å². The van der Waals surface area contributed by atoms with Crippen LogP contribution in [0.4, 0.5) is 4.39 Å². The maximum Gasteiger partial charge on any atom is 0.261 e. The van der Waals surface area contributed by atoms with Crippen LogP contribution in [0.2, 0.25) is 0 Å². The van der Waals surface area contributed by atoms with Crippen LogP contribution in [0.1, 0.15) is 15.5 Å². The van der Waals surface area contributed by atoms with Gasteiger partial charge in [0.15, 0.2) is 5.65 Å². The Hall–Kier alpha value is -3.06. The van der Waals surface area contributed by atoms with Crippen molar-refractivity contribution in [1.29, 1.82) is 0 Å². The van der Waals surface area contributed by atoms with Gasteiger partial charge in [-0.3, -0.25) is 9.20 Å². The van der Waals surface area contributed by atoms with Crippen LogP contribution in [0.5, 0.6) is 0 Å². The van der Waals surface area contributed by atoms with Crippen molar-refractivity contribution in [2.75, 3.05) is 6.54 Å². The largest absolute Gasteiger partial charge is 0.351 e. The lowest BCUT2D eigenvalue weighted by Gasteiger charge is -2.03. The highest BCUT2D eigenvalue weighted by Crippen LogP contribution is 2.29. The predicted molar refractivity (Wildman–Crippen MR) is 98.7 cm³/mol. The molecule has 1 amide bonds. The van der Waals surface area contributed by atoms with Gasteiger partial charge in [-0.2, -0.15) is 0 Å². The maximum absolute atomic E-state index is 13.9.